The summed E-state index contributed by atoms with van der Waals surface area (Å²) in [5.74, 6) is 0.986. The molecule has 96 valence electrons. The highest BCUT2D eigenvalue weighted by Crippen LogP contribution is 2.20. The average molecular weight is 237 g/mol. The Balaban J connectivity index is 3.05. The fourth-order valence-corrected chi connectivity index (χ4v) is 1.98. The van der Waals surface area contributed by atoms with Crippen molar-refractivity contribution in [1.29, 1.82) is 0 Å². The smallest absolute Gasteiger partial charge is 0.133 e. The van der Waals surface area contributed by atoms with E-state index in [9.17, 15) is 0 Å². The Hall–Kier alpha value is -1.13. The fraction of sp³-hybridized carbons (Fsp3) is 0.615. The number of likely N-dealkylation sites (N-methyl/N-ethyl adjacent to an activating group) is 1. The van der Waals surface area contributed by atoms with Crippen LogP contribution in [-0.4, -0.2) is 31.3 Å². The van der Waals surface area contributed by atoms with Gasteiger partial charge in [-0.2, -0.15) is 0 Å². The first-order valence-electron chi connectivity index (χ1n) is 6.06. The van der Waals surface area contributed by atoms with E-state index < -0.39 is 0 Å². The second kappa shape index (κ2) is 6.57. The largest absolute Gasteiger partial charge is 0.383 e. The van der Waals surface area contributed by atoms with E-state index in [2.05, 4.69) is 29.8 Å². The van der Waals surface area contributed by atoms with Crippen LogP contribution in [0.2, 0.25) is 0 Å². The lowest BCUT2D eigenvalue weighted by atomic mass is 10.2. The molecule has 1 rings (SSSR count). The molecule has 0 saturated carbocycles. The number of aromatic nitrogens is 1. The van der Waals surface area contributed by atoms with Crippen LogP contribution in [0.5, 0.6) is 0 Å². The van der Waals surface area contributed by atoms with Crippen LogP contribution in [0, 0.1) is 6.92 Å². The van der Waals surface area contributed by atoms with Crippen LogP contribution < -0.4 is 10.6 Å². The minimum atomic E-state index is 0.296. The number of nitrogens with two attached hydrogens (primary N) is 1. The summed E-state index contributed by atoms with van der Waals surface area (Å²) >= 11 is 0. The lowest BCUT2D eigenvalue weighted by Crippen LogP contribution is -2.37. The van der Waals surface area contributed by atoms with Crippen molar-refractivity contribution in [3.8, 4) is 0 Å². The van der Waals surface area contributed by atoms with Gasteiger partial charge in [-0.05, 0) is 26.8 Å². The van der Waals surface area contributed by atoms with Crippen LogP contribution >= 0.6 is 0 Å². The zero-order valence-electron chi connectivity index (χ0n) is 11.2. The molecule has 0 aromatic carbocycles. The van der Waals surface area contributed by atoms with E-state index in [1.54, 1.807) is 7.11 Å². The first-order valence-corrected chi connectivity index (χ1v) is 6.06. The van der Waals surface area contributed by atoms with E-state index in [1.165, 1.54) is 0 Å². The van der Waals surface area contributed by atoms with Gasteiger partial charge in [-0.1, -0.05) is 6.07 Å². The van der Waals surface area contributed by atoms with Crippen molar-refractivity contribution in [3.05, 3.63) is 23.4 Å². The number of anilines is 1. The molecule has 4 heteroatoms. The highest BCUT2D eigenvalue weighted by molar-refractivity contribution is 5.48. The van der Waals surface area contributed by atoms with Gasteiger partial charge in [0, 0.05) is 31.5 Å². The third kappa shape index (κ3) is 3.41. The van der Waals surface area contributed by atoms with Crippen molar-refractivity contribution in [2.75, 3.05) is 25.2 Å². The molecule has 0 saturated heterocycles. The first-order chi connectivity index (χ1) is 8.13. The number of rotatable bonds is 6. The maximum Gasteiger partial charge on any atom is 0.133 e. The molecule has 1 aromatic heterocycles. The molecule has 0 aliphatic rings. The van der Waals surface area contributed by atoms with Gasteiger partial charge in [0.25, 0.3) is 0 Å². The summed E-state index contributed by atoms with van der Waals surface area (Å²) in [5.41, 5.74) is 7.87. The minimum absolute atomic E-state index is 0.296. The highest BCUT2D eigenvalue weighted by atomic mass is 16.5. The predicted octanol–water partition coefficient (Wildman–Crippen LogP) is 1.71. The topological polar surface area (TPSA) is 51.4 Å². The molecule has 0 amide bonds. The van der Waals surface area contributed by atoms with E-state index in [1.807, 2.05) is 13.0 Å². The molecule has 2 N–H and O–H groups in total. The molecule has 1 aromatic rings. The average Bonchev–Trinajstić information content (AvgIpc) is 2.31. The van der Waals surface area contributed by atoms with Crippen molar-refractivity contribution >= 4 is 5.82 Å². The molecule has 0 spiro atoms. The molecule has 0 bridgehead atoms. The van der Waals surface area contributed by atoms with Crippen LogP contribution in [0.3, 0.4) is 0 Å². The molecular formula is C13H23N3O. The number of pyridine rings is 1. The maximum atomic E-state index is 5.77. The normalized spacial score (nSPS) is 12.5. The molecule has 0 fully saturated rings. The Morgan fingerprint density at radius 2 is 2.18 bits per heavy atom. The maximum absolute atomic E-state index is 5.77. The third-order valence-electron chi connectivity index (χ3n) is 2.87. The van der Waals surface area contributed by atoms with E-state index >= 15 is 0 Å². The molecule has 4 nitrogen and oxygen atoms in total. The zero-order valence-corrected chi connectivity index (χ0v) is 11.2. The summed E-state index contributed by atoms with van der Waals surface area (Å²) in [6.45, 7) is 8.35. The summed E-state index contributed by atoms with van der Waals surface area (Å²) in [7, 11) is 1.72. The number of hydrogen-bond acceptors (Lipinski definition) is 4. The number of hydrogen-bond donors (Lipinski definition) is 1. The van der Waals surface area contributed by atoms with Gasteiger partial charge < -0.3 is 15.4 Å². The van der Waals surface area contributed by atoms with E-state index in [0.717, 1.165) is 23.6 Å². The molecule has 0 radical (unpaired) electrons. The third-order valence-corrected chi connectivity index (χ3v) is 2.87. The minimum Gasteiger partial charge on any atom is -0.383 e. The lowest BCUT2D eigenvalue weighted by Gasteiger charge is -2.30. The molecule has 17 heavy (non-hydrogen) atoms. The summed E-state index contributed by atoms with van der Waals surface area (Å²) in [6.07, 6.45) is 0. The summed E-state index contributed by atoms with van der Waals surface area (Å²) < 4.78 is 5.21. The molecule has 1 heterocycles. The van der Waals surface area contributed by atoms with Gasteiger partial charge >= 0.3 is 0 Å². The summed E-state index contributed by atoms with van der Waals surface area (Å²) in [4.78, 5) is 6.84. The molecular weight excluding hydrogens is 214 g/mol. The van der Waals surface area contributed by atoms with Crippen molar-refractivity contribution in [3.63, 3.8) is 0 Å². The Morgan fingerprint density at radius 3 is 2.71 bits per heavy atom. The quantitative estimate of drug-likeness (QED) is 0.818. The van der Waals surface area contributed by atoms with Crippen molar-refractivity contribution in [1.82, 2.24) is 4.98 Å². The first kappa shape index (κ1) is 13.9. The van der Waals surface area contributed by atoms with Gasteiger partial charge in [-0.3, -0.25) is 0 Å². The summed E-state index contributed by atoms with van der Waals surface area (Å²) in [6, 6.07) is 4.35. The van der Waals surface area contributed by atoms with E-state index in [0.29, 0.717) is 19.2 Å². The van der Waals surface area contributed by atoms with Crippen LogP contribution in [0.4, 0.5) is 5.82 Å². The zero-order chi connectivity index (χ0) is 12.8. The van der Waals surface area contributed by atoms with Crippen molar-refractivity contribution in [2.45, 2.75) is 33.4 Å². The molecule has 0 aliphatic heterocycles. The SMILES string of the molecule is CCN(c1nc(C)ccc1CN)C(C)COC. The Labute approximate surface area is 104 Å². The van der Waals surface area contributed by atoms with Crippen molar-refractivity contribution < 1.29 is 4.74 Å². The van der Waals surface area contributed by atoms with Crippen LogP contribution in [0.15, 0.2) is 12.1 Å². The number of aryl methyl sites for hydroxylation is 1. The van der Waals surface area contributed by atoms with Gasteiger partial charge in [0.05, 0.1) is 12.6 Å². The second-order valence-electron chi connectivity index (χ2n) is 4.23. The van der Waals surface area contributed by atoms with Gasteiger partial charge in [-0.15, -0.1) is 0 Å². The van der Waals surface area contributed by atoms with Crippen LogP contribution in [-0.2, 0) is 11.3 Å². The monoisotopic (exact) mass is 237 g/mol. The number of methoxy groups -OCH3 is 1. The Kier molecular flexibility index (Phi) is 5.38. The summed E-state index contributed by atoms with van der Waals surface area (Å²) in [5, 5.41) is 0. The number of nitrogens with zero attached hydrogens (tertiary/aromatic N) is 2. The van der Waals surface area contributed by atoms with Gasteiger partial charge in [0.2, 0.25) is 0 Å². The predicted molar refractivity (Wildman–Crippen MR) is 71.2 cm³/mol. The van der Waals surface area contributed by atoms with Crippen LogP contribution in [0.1, 0.15) is 25.1 Å². The number of ether oxygens (including phenoxy) is 1. The molecule has 0 aliphatic carbocycles. The van der Waals surface area contributed by atoms with E-state index in [-0.39, 0.29) is 0 Å². The van der Waals surface area contributed by atoms with Crippen LogP contribution in [0.25, 0.3) is 0 Å². The van der Waals surface area contributed by atoms with Gasteiger partial charge in [-0.25, -0.2) is 4.98 Å². The second-order valence-corrected chi connectivity index (χ2v) is 4.23. The van der Waals surface area contributed by atoms with Crippen molar-refractivity contribution in [2.24, 2.45) is 5.73 Å². The standard InChI is InChI=1S/C13H23N3O/c1-5-16(11(3)9-17-4)13-12(8-14)7-6-10(2)15-13/h6-7,11H,5,8-9,14H2,1-4H3. The molecule has 1 atom stereocenters. The van der Waals surface area contributed by atoms with Gasteiger partial charge in [0.15, 0.2) is 0 Å². The Bertz CT molecular complexity index is 355. The highest BCUT2D eigenvalue weighted by Gasteiger charge is 2.16. The lowest BCUT2D eigenvalue weighted by molar-refractivity contribution is 0.181. The van der Waals surface area contributed by atoms with Gasteiger partial charge in [0.1, 0.15) is 5.82 Å². The fourth-order valence-electron chi connectivity index (χ4n) is 1.98. The van der Waals surface area contributed by atoms with E-state index in [4.69, 9.17) is 10.5 Å². The molecule has 1 unspecified atom stereocenters. The Morgan fingerprint density at radius 1 is 1.47 bits per heavy atom.